The minimum Gasteiger partial charge on any atom is -0.301 e. The molecule has 82 valence electrons. The molecule has 3 nitrogen and oxygen atoms in total. The number of piperazine rings is 1. The predicted octanol–water partition coefficient (Wildman–Crippen LogP) is 0.847. The molecule has 1 unspecified atom stereocenters. The molecule has 0 spiro atoms. The summed E-state index contributed by atoms with van der Waals surface area (Å²) in [7, 11) is 2.18. The summed E-state index contributed by atoms with van der Waals surface area (Å²) in [5.74, 6) is 0.937. The van der Waals surface area contributed by atoms with Crippen LogP contribution in [-0.4, -0.2) is 54.9 Å². The van der Waals surface area contributed by atoms with Gasteiger partial charge in [0, 0.05) is 25.7 Å². The molecule has 0 aromatic rings. The van der Waals surface area contributed by atoms with Gasteiger partial charge >= 0.3 is 0 Å². The Morgan fingerprint density at radius 1 is 1.43 bits per heavy atom. The van der Waals surface area contributed by atoms with E-state index in [0.717, 1.165) is 19.6 Å². The van der Waals surface area contributed by atoms with Crippen LogP contribution in [0.15, 0.2) is 0 Å². The van der Waals surface area contributed by atoms with Crippen LogP contribution in [0.25, 0.3) is 0 Å². The molecule has 0 aromatic carbocycles. The van der Waals surface area contributed by atoms with Crippen LogP contribution < -0.4 is 0 Å². The highest BCUT2D eigenvalue weighted by molar-refractivity contribution is 5.77. The van der Waals surface area contributed by atoms with E-state index in [4.69, 9.17) is 0 Å². The molecule has 0 radical (unpaired) electrons. The van der Waals surface area contributed by atoms with E-state index in [9.17, 15) is 4.79 Å². The maximum absolute atomic E-state index is 11.0. The van der Waals surface area contributed by atoms with E-state index in [1.54, 1.807) is 6.92 Å². The molecule has 0 bridgehead atoms. The second kappa shape index (κ2) is 4.89. The van der Waals surface area contributed by atoms with Crippen molar-refractivity contribution in [3.8, 4) is 0 Å². The number of hydrogen-bond donors (Lipinski definition) is 0. The molecule has 1 saturated heterocycles. The van der Waals surface area contributed by atoms with Crippen LogP contribution in [0, 0.1) is 5.92 Å². The van der Waals surface area contributed by atoms with E-state index in [-0.39, 0.29) is 5.78 Å². The van der Waals surface area contributed by atoms with Crippen LogP contribution in [-0.2, 0) is 4.79 Å². The van der Waals surface area contributed by atoms with Gasteiger partial charge < -0.3 is 4.90 Å². The normalized spacial score (nSPS) is 25.6. The third kappa shape index (κ3) is 3.07. The van der Waals surface area contributed by atoms with Gasteiger partial charge in [-0.2, -0.15) is 0 Å². The molecule has 1 aliphatic rings. The van der Waals surface area contributed by atoms with E-state index in [1.807, 2.05) is 0 Å². The lowest BCUT2D eigenvalue weighted by Crippen LogP contribution is -2.54. The van der Waals surface area contributed by atoms with E-state index in [1.165, 1.54) is 0 Å². The Kier molecular flexibility index (Phi) is 4.08. The van der Waals surface area contributed by atoms with Gasteiger partial charge in [0.1, 0.15) is 5.78 Å². The van der Waals surface area contributed by atoms with Gasteiger partial charge in [-0.25, -0.2) is 0 Å². The standard InChI is InChI=1S/C11H22N2O/c1-9(2)11-8-13(7-10(3)14)6-5-12(11)4/h9,11H,5-8H2,1-4H3. The van der Waals surface area contributed by atoms with Gasteiger partial charge in [-0.15, -0.1) is 0 Å². The van der Waals surface area contributed by atoms with Crippen molar-refractivity contribution in [1.82, 2.24) is 9.80 Å². The SMILES string of the molecule is CC(=O)CN1CCN(C)C(C(C)C)C1. The van der Waals surface area contributed by atoms with Gasteiger partial charge in [0.25, 0.3) is 0 Å². The van der Waals surface area contributed by atoms with Gasteiger partial charge in [0.2, 0.25) is 0 Å². The number of hydrogen-bond acceptors (Lipinski definition) is 3. The smallest absolute Gasteiger partial charge is 0.143 e. The largest absolute Gasteiger partial charge is 0.301 e. The van der Waals surface area contributed by atoms with Crippen LogP contribution in [0.3, 0.4) is 0 Å². The molecule has 0 saturated carbocycles. The van der Waals surface area contributed by atoms with Crippen molar-refractivity contribution in [1.29, 1.82) is 0 Å². The second-order valence-corrected chi connectivity index (χ2v) is 4.73. The van der Waals surface area contributed by atoms with E-state index < -0.39 is 0 Å². The summed E-state index contributed by atoms with van der Waals surface area (Å²) >= 11 is 0. The molecule has 14 heavy (non-hydrogen) atoms. The van der Waals surface area contributed by atoms with Gasteiger partial charge in [-0.3, -0.25) is 9.69 Å². The maximum atomic E-state index is 11.0. The average molecular weight is 198 g/mol. The van der Waals surface area contributed by atoms with Crippen LogP contribution in [0.5, 0.6) is 0 Å². The predicted molar refractivity (Wildman–Crippen MR) is 58.4 cm³/mol. The number of rotatable bonds is 3. The molecule has 1 heterocycles. The fourth-order valence-electron chi connectivity index (χ4n) is 2.14. The fraction of sp³-hybridized carbons (Fsp3) is 0.909. The average Bonchev–Trinajstić information content (AvgIpc) is 2.07. The van der Waals surface area contributed by atoms with Crippen molar-refractivity contribution in [3.63, 3.8) is 0 Å². The molecule has 1 aliphatic heterocycles. The lowest BCUT2D eigenvalue weighted by Gasteiger charge is -2.41. The number of ketones is 1. The van der Waals surface area contributed by atoms with Gasteiger partial charge in [0.05, 0.1) is 6.54 Å². The first-order chi connectivity index (χ1) is 6.50. The van der Waals surface area contributed by atoms with Crippen molar-refractivity contribution in [2.45, 2.75) is 26.8 Å². The van der Waals surface area contributed by atoms with Crippen molar-refractivity contribution in [2.75, 3.05) is 33.2 Å². The van der Waals surface area contributed by atoms with Crippen molar-refractivity contribution >= 4 is 5.78 Å². The second-order valence-electron chi connectivity index (χ2n) is 4.73. The first-order valence-corrected chi connectivity index (χ1v) is 5.42. The zero-order valence-electron chi connectivity index (χ0n) is 9.79. The Labute approximate surface area is 87.1 Å². The highest BCUT2D eigenvalue weighted by Crippen LogP contribution is 2.14. The minimum absolute atomic E-state index is 0.275. The van der Waals surface area contributed by atoms with Crippen LogP contribution in [0.1, 0.15) is 20.8 Å². The Morgan fingerprint density at radius 3 is 2.57 bits per heavy atom. The summed E-state index contributed by atoms with van der Waals surface area (Å²) in [5.41, 5.74) is 0. The highest BCUT2D eigenvalue weighted by Gasteiger charge is 2.26. The van der Waals surface area contributed by atoms with Gasteiger partial charge in [-0.1, -0.05) is 13.8 Å². The Balaban J connectivity index is 2.48. The summed E-state index contributed by atoms with van der Waals surface area (Å²) in [6.07, 6.45) is 0. The van der Waals surface area contributed by atoms with Crippen LogP contribution in [0.2, 0.25) is 0 Å². The van der Waals surface area contributed by atoms with Gasteiger partial charge in [-0.05, 0) is 19.9 Å². The number of carbonyl (C=O) groups is 1. The zero-order chi connectivity index (χ0) is 10.7. The Morgan fingerprint density at radius 2 is 2.07 bits per heavy atom. The molecule has 1 rings (SSSR count). The lowest BCUT2D eigenvalue weighted by molar-refractivity contribution is -0.118. The number of nitrogens with zero attached hydrogens (tertiary/aromatic N) is 2. The molecule has 0 N–H and O–H groups in total. The molecule has 0 amide bonds. The van der Waals surface area contributed by atoms with Crippen molar-refractivity contribution < 1.29 is 4.79 Å². The number of carbonyl (C=O) groups excluding carboxylic acids is 1. The molecule has 0 aliphatic carbocycles. The van der Waals surface area contributed by atoms with Gasteiger partial charge in [0.15, 0.2) is 0 Å². The molecule has 3 heteroatoms. The topological polar surface area (TPSA) is 23.6 Å². The van der Waals surface area contributed by atoms with Crippen LogP contribution in [0.4, 0.5) is 0 Å². The summed E-state index contributed by atoms with van der Waals surface area (Å²) in [5, 5.41) is 0. The van der Waals surface area contributed by atoms with E-state index in [0.29, 0.717) is 18.5 Å². The van der Waals surface area contributed by atoms with E-state index in [2.05, 4.69) is 30.7 Å². The number of likely N-dealkylation sites (N-methyl/N-ethyl adjacent to an activating group) is 1. The van der Waals surface area contributed by atoms with Crippen LogP contribution >= 0.6 is 0 Å². The first kappa shape index (κ1) is 11.7. The summed E-state index contributed by atoms with van der Waals surface area (Å²) in [4.78, 5) is 15.7. The summed E-state index contributed by atoms with van der Waals surface area (Å²) < 4.78 is 0. The summed E-state index contributed by atoms with van der Waals surface area (Å²) in [6.45, 7) is 9.93. The monoisotopic (exact) mass is 198 g/mol. The maximum Gasteiger partial charge on any atom is 0.143 e. The molecule has 1 fully saturated rings. The lowest BCUT2D eigenvalue weighted by atomic mass is 10.00. The van der Waals surface area contributed by atoms with E-state index >= 15 is 0 Å². The Hall–Kier alpha value is -0.410. The molecular weight excluding hydrogens is 176 g/mol. The number of Topliss-reactive ketones (excluding diaryl/α,β-unsaturated/α-hetero) is 1. The minimum atomic E-state index is 0.275. The van der Waals surface area contributed by atoms with Crippen molar-refractivity contribution in [2.24, 2.45) is 5.92 Å². The highest BCUT2D eigenvalue weighted by atomic mass is 16.1. The summed E-state index contributed by atoms with van der Waals surface area (Å²) in [6, 6.07) is 0.600. The molecule has 0 aromatic heterocycles. The third-order valence-electron chi connectivity index (χ3n) is 3.00. The third-order valence-corrected chi connectivity index (χ3v) is 3.00. The fourth-order valence-corrected chi connectivity index (χ4v) is 2.14. The van der Waals surface area contributed by atoms with Crippen molar-refractivity contribution in [3.05, 3.63) is 0 Å². The molecule has 1 atom stereocenters. The zero-order valence-corrected chi connectivity index (χ0v) is 9.79. The molecular formula is C11H22N2O. The Bertz CT molecular complexity index is 203. The first-order valence-electron chi connectivity index (χ1n) is 5.42. The quantitative estimate of drug-likeness (QED) is 0.671.